The number of nitrogens with one attached hydrogen (secondary N) is 1. The van der Waals surface area contributed by atoms with Gasteiger partial charge in [-0.15, -0.1) is 0 Å². The number of hydrogen-bond donors (Lipinski definition) is 2. The molecule has 7 heteroatoms. The van der Waals surface area contributed by atoms with Crippen molar-refractivity contribution < 1.29 is 9.32 Å². The fourth-order valence-corrected chi connectivity index (χ4v) is 1.78. The molecule has 1 heterocycles. The molecule has 0 bridgehead atoms. The first kappa shape index (κ1) is 12.6. The molecule has 0 saturated heterocycles. The van der Waals surface area contributed by atoms with Gasteiger partial charge in [0.05, 0.1) is 12.1 Å². The van der Waals surface area contributed by atoms with Crippen molar-refractivity contribution in [2.24, 2.45) is 0 Å². The van der Waals surface area contributed by atoms with Crippen LogP contribution in [0.1, 0.15) is 22.1 Å². The number of aryl methyl sites for hydroxylation is 1. The van der Waals surface area contributed by atoms with Crippen LogP contribution in [0, 0.1) is 6.92 Å². The molecular weight excluding hydrogens is 300 g/mol. The Hall–Kier alpha value is -1.89. The number of nitrogens with zero attached hydrogens (tertiary/aromatic N) is 2. The average Bonchev–Trinajstić information content (AvgIpc) is 2.72. The highest BCUT2D eigenvalue weighted by atomic mass is 79.9. The molecule has 94 valence electrons. The van der Waals surface area contributed by atoms with Gasteiger partial charge in [-0.3, -0.25) is 4.79 Å². The lowest BCUT2D eigenvalue weighted by atomic mass is 10.1. The van der Waals surface area contributed by atoms with Crippen molar-refractivity contribution in [3.8, 4) is 0 Å². The van der Waals surface area contributed by atoms with Crippen LogP contribution in [-0.4, -0.2) is 16.0 Å². The molecule has 18 heavy (non-hydrogen) atoms. The first-order chi connectivity index (χ1) is 8.56. The molecule has 1 amide bonds. The molecule has 2 rings (SSSR count). The van der Waals surface area contributed by atoms with Gasteiger partial charge in [0.2, 0.25) is 5.89 Å². The van der Waals surface area contributed by atoms with Gasteiger partial charge in [0, 0.05) is 10.2 Å². The molecule has 0 radical (unpaired) electrons. The van der Waals surface area contributed by atoms with Gasteiger partial charge in [-0.05, 0) is 25.1 Å². The van der Waals surface area contributed by atoms with E-state index in [0.29, 0.717) is 23.0 Å². The number of carbonyl (C=O) groups excluding carboxylic acids is 1. The van der Waals surface area contributed by atoms with Crippen LogP contribution in [0.3, 0.4) is 0 Å². The lowest BCUT2D eigenvalue weighted by Gasteiger charge is -2.05. The molecule has 1 aromatic carbocycles. The zero-order valence-electron chi connectivity index (χ0n) is 9.61. The Labute approximate surface area is 112 Å². The number of carbonyl (C=O) groups is 1. The summed E-state index contributed by atoms with van der Waals surface area (Å²) in [6, 6.07) is 5.07. The van der Waals surface area contributed by atoms with Crippen molar-refractivity contribution in [1.29, 1.82) is 0 Å². The van der Waals surface area contributed by atoms with Crippen LogP contribution in [0.2, 0.25) is 0 Å². The van der Waals surface area contributed by atoms with Crippen LogP contribution in [0.4, 0.5) is 5.69 Å². The van der Waals surface area contributed by atoms with Gasteiger partial charge in [-0.1, -0.05) is 21.1 Å². The smallest absolute Gasteiger partial charge is 0.253 e. The summed E-state index contributed by atoms with van der Waals surface area (Å²) in [5, 5.41) is 6.29. The summed E-state index contributed by atoms with van der Waals surface area (Å²) in [5.74, 6) is 0.606. The second-order valence-electron chi connectivity index (χ2n) is 3.65. The number of anilines is 1. The molecule has 6 nitrogen and oxygen atoms in total. The maximum Gasteiger partial charge on any atom is 0.253 e. The van der Waals surface area contributed by atoms with Crippen LogP contribution in [0.5, 0.6) is 0 Å². The minimum Gasteiger partial charge on any atom is -0.398 e. The number of nitrogen functional groups attached to an aromatic ring is 1. The number of halogens is 1. The number of nitrogens with two attached hydrogens (primary N) is 1. The Balaban J connectivity index is 2.03. The highest BCUT2D eigenvalue weighted by Gasteiger charge is 2.11. The first-order valence-electron chi connectivity index (χ1n) is 5.18. The van der Waals surface area contributed by atoms with E-state index in [0.717, 1.165) is 4.47 Å². The van der Waals surface area contributed by atoms with Gasteiger partial charge in [-0.25, -0.2) is 0 Å². The maximum absolute atomic E-state index is 11.9. The van der Waals surface area contributed by atoms with Crippen LogP contribution in [-0.2, 0) is 6.54 Å². The van der Waals surface area contributed by atoms with Gasteiger partial charge >= 0.3 is 0 Å². The lowest BCUT2D eigenvalue weighted by molar-refractivity contribution is 0.0947. The summed E-state index contributed by atoms with van der Waals surface area (Å²) in [5.41, 5.74) is 6.57. The van der Waals surface area contributed by atoms with Crippen molar-refractivity contribution in [3.05, 3.63) is 40.0 Å². The molecule has 0 fully saturated rings. The third-order valence-electron chi connectivity index (χ3n) is 2.23. The van der Waals surface area contributed by atoms with Crippen molar-refractivity contribution >= 4 is 27.5 Å². The summed E-state index contributed by atoms with van der Waals surface area (Å²) in [7, 11) is 0. The second kappa shape index (κ2) is 5.18. The minimum absolute atomic E-state index is 0.176. The molecule has 0 saturated carbocycles. The predicted octanol–water partition coefficient (Wildman–Crippen LogP) is 1.65. The number of rotatable bonds is 3. The van der Waals surface area contributed by atoms with Gasteiger partial charge in [-0.2, -0.15) is 4.98 Å². The van der Waals surface area contributed by atoms with Crippen molar-refractivity contribution in [1.82, 2.24) is 15.5 Å². The van der Waals surface area contributed by atoms with Crippen molar-refractivity contribution in [3.63, 3.8) is 0 Å². The molecule has 0 aliphatic carbocycles. The monoisotopic (exact) mass is 310 g/mol. The van der Waals surface area contributed by atoms with Crippen molar-refractivity contribution in [2.75, 3.05) is 5.73 Å². The molecule has 3 N–H and O–H groups in total. The Morgan fingerprint density at radius 1 is 1.56 bits per heavy atom. The van der Waals surface area contributed by atoms with Crippen LogP contribution in [0.25, 0.3) is 0 Å². The summed E-state index contributed by atoms with van der Waals surface area (Å²) in [4.78, 5) is 15.8. The maximum atomic E-state index is 11.9. The highest BCUT2D eigenvalue weighted by Crippen LogP contribution is 2.18. The predicted molar refractivity (Wildman–Crippen MR) is 68.8 cm³/mol. The van der Waals surface area contributed by atoms with E-state index >= 15 is 0 Å². The van der Waals surface area contributed by atoms with E-state index in [1.54, 1.807) is 25.1 Å². The molecule has 0 aliphatic rings. The molecule has 2 aromatic rings. The number of aromatic nitrogens is 2. The van der Waals surface area contributed by atoms with Gasteiger partial charge in [0.1, 0.15) is 0 Å². The highest BCUT2D eigenvalue weighted by molar-refractivity contribution is 9.10. The normalized spacial score (nSPS) is 10.3. The van der Waals surface area contributed by atoms with Crippen LogP contribution in [0.15, 0.2) is 27.2 Å². The van der Waals surface area contributed by atoms with E-state index in [2.05, 4.69) is 31.4 Å². The Kier molecular flexibility index (Phi) is 3.61. The largest absolute Gasteiger partial charge is 0.398 e. The quantitative estimate of drug-likeness (QED) is 0.841. The fourth-order valence-electron chi connectivity index (χ4n) is 1.40. The van der Waals surface area contributed by atoms with E-state index in [4.69, 9.17) is 10.3 Å². The summed E-state index contributed by atoms with van der Waals surface area (Å²) < 4.78 is 5.71. The van der Waals surface area contributed by atoms with E-state index in [1.165, 1.54) is 0 Å². The van der Waals surface area contributed by atoms with E-state index in [9.17, 15) is 4.79 Å². The SMILES string of the molecule is Cc1noc(CNC(=O)c2ccc(Br)cc2N)n1. The lowest BCUT2D eigenvalue weighted by Crippen LogP contribution is -2.23. The van der Waals surface area contributed by atoms with E-state index in [1.807, 2.05) is 0 Å². The molecule has 1 aromatic heterocycles. The third kappa shape index (κ3) is 2.86. The minimum atomic E-state index is -0.282. The van der Waals surface area contributed by atoms with E-state index < -0.39 is 0 Å². The van der Waals surface area contributed by atoms with Gasteiger partial charge in [0.15, 0.2) is 5.82 Å². The van der Waals surface area contributed by atoms with Crippen molar-refractivity contribution in [2.45, 2.75) is 13.5 Å². The van der Waals surface area contributed by atoms with E-state index in [-0.39, 0.29) is 12.5 Å². The number of hydrogen-bond acceptors (Lipinski definition) is 5. The summed E-state index contributed by atoms with van der Waals surface area (Å²) in [6.07, 6.45) is 0. The third-order valence-corrected chi connectivity index (χ3v) is 2.72. The molecule has 0 unspecified atom stereocenters. The number of benzene rings is 1. The van der Waals surface area contributed by atoms with Crippen LogP contribution < -0.4 is 11.1 Å². The standard InChI is InChI=1S/C11H11BrN4O2/c1-6-15-10(18-16-6)5-14-11(17)8-3-2-7(12)4-9(8)13/h2-4H,5,13H2,1H3,(H,14,17). The Bertz CT molecular complexity index is 582. The zero-order chi connectivity index (χ0) is 13.1. The summed E-state index contributed by atoms with van der Waals surface area (Å²) >= 11 is 3.28. The molecule has 0 aliphatic heterocycles. The van der Waals surface area contributed by atoms with Gasteiger partial charge < -0.3 is 15.6 Å². The Morgan fingerprint density at radius 3 is 2.94 bits per heavy atom. The molecule has 0 atom stereocenters. The average molecular weight is 311 g/mol. The molecular formula is C11H11BrN4O2. The summed E-state index contributed by atoms with van der Waals surface area (Å²) in [6.45, 7) is 1.89. The van der Waals surface area contributed by atoms with Gasteiger partial charge in [0.25, 0.3) is 5.91 Å². The zero-order valence-corrected chi connectivity index (χ0v) is 11.2. The molecule has 0 spiro atoms. The van der Waals surface area contributed by atoms with Crippen LogP contribution >= 0.6 is 15.9 Å². The number of amides is 1. The first-order valence-corrected chi connectivity index (χ1v) is 5.98. The fraction of sp³-hybridized carbons (Fsp3) is 0.182. The topological polar surface area (TPSA) is 94.0 Å². The Morgan fingerprint density at radius 2 is 2.33 bits per heavy atom. The second-order valence-corrected chi connectivity index (χ2v) is 4.57.